The van der Waals surface area contributed by atoms with Crippen molar-refractivity contribution in [2.24, 2.45) is 0 Å². The minimum atomic E-state index is -0.573. The summed E-state index contributed by atoms with van der Waals surface area (Å²) in [4.78, 5) is 12.3. The molecule has 1 N–H and O–H groups in total. The zero-order valence-electron chi connectivity index (χ0n) is 14.8. The van der Waals surface area contributed by atoms with Crippen LogP contribution >= 0.6 is 0 Å². The van der Waals surface area contributed by atoms with Crippen LogP contribution in [0.1, 0.15) is 38.2 Å². The molecule has 0 radical (unpaired) electrons. The van der Waals surface area contributed by atoms with Gasteiger partial charge < -0.3 is 14.8 Å². The minimum Gasteiger partial charge on any atom is -0.490 e. The Hall–Kier alpha value is -2.49. The van der Waals surface area contributed by atoms with Crippen molar-refractivity contribution in [3.63, 3.8) is 0 Å². The normalized spacial score (nSPS) is 15.6. The standard InChI is InChI=1S/C21H25NO3/c1-15-6-5-9-20(14-15)24-16(2)21(23)22-17-10-12-19(13-11-17)25-18-7-3-4-8-18/h5-6,9-14,16,18H,3-4,7-8H2,1-2H3,(H,22,23)/t16-/m1/s1. The second-order valence-electron chi connectivity index (χ2n) is 6.61. The van der Waals surface area contributed by atoms with E-state index in [1.807, 2.05) is 55.5 Å². The van der Waals surface area contributed by atoms with Crippen LogP contribution in [0.2, 0.25) is 0 Å². The van der Waals surface area contributed by atoms with E-state index in [2.05, 4.69) is 5.32 Å². The third kappa shape index (κ3) is 4.99. The maximum atomic E-state index is 12.3. The Bertz CT molecular complexity index is 705. The first-order valence-electron chi connectivity index (χ1n) is 8.91. The molecule has 0 aliphatic heterocycles. The van der Waals surface area contributed by atoms with Crippen LogP contribution < -0.4 is 14.8 Å². The van der Waals surface area contributed by atoms with Gasteiger partial charge >= 0.3 is 0 Å². The quantitative estimate of drug-likeness (QED) is 0.828. The maximum absolute atomic E-state index is 12.3. The van der Waals surface area contributed by atoms with E-state index in [4.69, 9.17) is 9.47 Å². The summed E-state index contributed by atoms with van der Waals surface area (Å²) in [6, 6.07) is 15.2. The lowest BCUT2D eigenvalue weighted by atomic mass is 10.2. The fourth-order valence-corrected chi connectivity index (χ4v) is 3.01. The number of carbonyl (C=O) groups excluding carboxylic acids is 1. The lowest BCUT2D eigenvalue weighted by Crippen LogP contribution is -2.30. The summed E-state index contributed by atoms with van der Waals surface area (Å²) >= 11 is 0. The second kappa shape index (κ2) is 8.06. The van der Waals surface area contributed by atoms with E-state index in [1.54, 1.807) is 6.92 Å². The molecule has 0 bridgehead atoms. The average molecular weight is 339 g/mol. The molecule has 132 valence electrons. The van der Waals surface area contributed by atoms with Gasteiger partial charge in [-0.25, -0.2) is 0 Å². The van der Waals surface area contributed by atoms with Crippen LogP contribution in [0.25, 0.3) is 0 Å². The van der Waals surface area contributed by atoms with Crippen LogP contribution in [-0.2, 0) is 4.79 Å². The Morgan fingerprint density at radius 1 is 1.08 bits per heavy atom. The number of benzene rings is 2. The van der Waals surface area contributed by atoms with Crippen molar-refractivity contribution in [1.29, 1.82) is 0 Å². The number of hydrogen-bond acceptors (Lipinski definition) is 3. The fraction of sp³-hybridized carbons (Fsp3) is 0.381. The highest BCUT2D eigenvalue weighted by atomic mass is 16.5. The second-order valence-corrected chi connectivity index (χ2v) is 6.61. The van der Waals surface area contributed by atoms with E-state index in [-0.39, 0.29) is 5.91 Å². The van der Waals surface area contributed by atoms with Gasteiger partial charge in [0.1, 0.15) is 11.5 Å². The van der Waals surface area contributed by atoms with Crippen molar-refractivity contribution in [1.82, 2.24) is 0 Å². The fourth-order valence-electron chi connectivity index (χ4n) is 3.01. The molecule has 1 aliphatic rings. The van der Waals surface area contributed by atoms with Gasteiger partial charge in [-0.2, -0.15) is 0 Å². The summed E-state index contributed by atoms with van der Waals surface area (Å²) in [5.74, 6) is 1.38. The minimum absolute atomic E-state index is 0.175. The van der Waals surface area contributed by atoms with Crippen LogP contribution in [0.15, 0.2) is 48.5 Å². The van der Waals surface area contributed by atoms with E-state index in [0.717, 1.165) is 29.8 Å². The van der Waals surface area contributed by atoms with Crippen LogP contribution in [0.3, 0.4) is 0 Å². The van der Waals surface area contributed by atoms with Crippen molar-refractivity contribution in [3.05, 3.63) is 54.1 Å². The summed E-state index contributed by atoms with van der Waals surface area (Å²) in [5.41, 5.74) is 1.84. The Labute approximate surface area is 149 Å². The summed E-state index contributed by atoms with van der Waals surface area (Å²) in [6.07, 6.45) is 4.52. The van der Waals surface area contributed by atoms with Crippen LogP contribution in [0.4, 0.5) is 5.69 Å². The molecule has 1 aliphatic carbocycles. The average Bonchev–Trinajstić information content (AvgIpc) is 3.09. The van der Waals surface area contributed by atoms with Crippen LogP contribution in [0.5, 0.6) is 11.5 Å². The van der Waals surface area contributed by atoms with Gasteiger partial charge in [0.05, 0.1) is 6.10 Å². The van der Waals surface area contributed by atoms with Gasteiger partial charge in [-0.15, -0.1) is 0 Å². The van der Waals surface area contributed by atoms with E-state index in [9.17, 15) is 4.79 Å². The van der Waals surface area contributed by atoms with Crippen LogP contribution in [-0.4, -0.2) is 18.1 Å². The Morgan fingerprint density at radius 3 is 2.48 bits per heavy atom. The summed E-state index contributed by atoms with van der Waals surface area (Å²) in [6.45, 7) is 3.74. The first kappa shape index (κ1) is 17.3. The Balaban J connectivity index is 1.53. The predicted molar refractivity (Wildman–Crippen MR) is 99.2 cm³/mol. The topological polar surface area (TPSA) is 47.6 Å². The van der Waals surface area contributed by atoms with Gasteiger partial charge in [-0.05, 0) is 81.5 Å². The Kier molecular flexibility index (Phi) is 5.59. The molecule has 2 aromatic rings. The van der Waals surface area contributed by atoms with Crippen molar-refractivity contribution in [2.45, 2.75) is 51.7 Å². The molecule has 1 saturated carbocycles. The number of amides is 1. The van der Waals surface area contributed by atoms with Gasteiger partial charge in [-0.3, -0.25) is 4.79 Å². The van der Waals surface area contributed by atoms with E-state index >= 15 is 0 Å². The highest BCUT2D eigenvalue weighted by molar-refractivity contribution is 5.94. The smallest absolute Gasteiger partial charge is 0.265 e. The molecule has 0 spiro atoms. The molecular formula is C21H25NO3. The summed E-state index contributed by atoms with van der Waals surface area (Å²) < 4.78 is 11.6. The van der Waals surface area contributed by atoms with Crippen molar-refractivity contribution in [2.75, 3.05) is 5.32 Å². The van der Waals surface area contributed by atoms with Gasteiger partial charge in [0.25, 0.3) is 5.91 Å². The molecule has 0 heterocycles. The predicted octanol–water partition coefficient (Wildman–Crippen LogP) is 4.72. The number of nitrogens with one attached hydrogen (secondary N) is 1. The van der Waals surface area contributed by atoms with Gasteiger partial charge in [-0.1, -0.05) is 12.1 Å². The largest absolute Gasteiger partial charge is 0.490 e. The summed E-state index contributed by atoms with van der Waals surface area (Å²) in [5, 5.41) is 2.88. The monoisotopic (exact) mass is 339 g/mol. The van der Waals surface area contributed by atoms with Gasteiger partial charge in [0.2, 0.25) is 0 Å². The zero-order chi connectivity index (χ0) is 17.6. The molecule has 25 heavy (non-hydrogen) atoms. The molecule has 1 atom stereocenters. The highest BCUT2D eigenvalue weighted by Crippen LogP contribution is 2.25. The van der Waals surface area contributed by atoms with Crippen LogP contribution in [0, 0.1) is 6.92 Å². The van der Waals surface area contributed by atoms with Gasteiger partial charge in [0.15, 0.2) is 6.10 Å². The lowest BCUT2D eigenvalue weighted by molar-refractivity contribution is -0.122. The number of rotatable bonds is 6. The first-order valence-corrected chi connectivity index (χ1v) is 8.91. The highest BCUT2D eigenvalue weighted by Gasteiger charge is 2.17. The number of carbonyl (C=O) groups is 1. The van der Waals surface area contributed by atoms with Crippen molar-refractivity contribution < 1.29 is 14.3 Å². The zero-order valence-corrected chi connectivity index (χ0v) is 14.8. The Morgan fingerprint density at radius 2 is 1.80 bits per heavy atom. The van der Waals surface area contributed by atoms with E-state index in [1.165, 1.54) is 12.8 Å². The molecule has 0 aromatic heterocycles. The summed E-state index contributed by atoms with van der Waals surface area (Å²) in [7, 11) is 0. The third-order valence-electron chi connectivity index (χ3n) is 4.40. The lowest BCUT2D eigenvalue weighted by Gasteiger charge is -2.16. The first-order chi connectivity index (χ1) is 12.1. The van der Waals surface area contributed by atoms with Gasteiger partial charge in [0, 0.05) is 5.69 Å². The third-order valence-corrected chi connectivity index (χ3v) is 4.40. The molecule has 4 heteroatoms. The molecule has 3 rings (SSSR count). The maximum Gasteiger partial charge on any atom is 0.265 e. The number of hydrogen-bond donors (Lipinski definition) is 1. The molecule has 0 unspecified atom stereocenters. The number of aryl methyl sites for hydroxylation is 1. The molecule has 1 fully saturated rings. The molecule has 0 saturated heterocycles. The SMILES string of the molecule is Cc1cccc(O[C@H](C)C(=O)Nc2ccc(OC3CCCC3)cc2)c1. The number of ether oxygens (including phenoxy) is 2. The van der Waals surface area contributed by atoms with E-state index < -0.39 is 6.10 Å². The van der Waals surface area contributed by atoms with Crippen molar-refractivity contribution >= 4 is 11.6 Å². The molecule has 4 nitrogen and oxygen atoms in total. The molecule has 2 aromatic carbocycles. The van der Waals surface area contributed by atoms with E-state index in [0.29, 0.717) is 11.9 Å². The number of anilines is 1. The van der Waals surface area contributed by atoms with Crippen molar-refractivity contribution in [3.8, 4) is 11.5 Å². The molecular weight excluding hydrogens is 314 g/mol. The molecule has 1 amide bonds.